The second-order valence-corrected chi connectivity index (χ2v) is 3.05. The van der Waals surface area contributed by atoms with Gasteiger partial charge in [-0.25, -0.2) is 13.8 Å². The van der Waals surface area contributed by atoms with Gasteiger partial charge in [0, 0.05) is 17.7 Å². The van der Waals surface area contributed by atoms with Gasteiger partial charge in [-0.15, -0.1) is 0 Å². The average molecular weight is 227 g/mol. The van der Waals surface area contributed by atoms with Gasteiger partial charge in [0.2, 0.25) is 0 Å². The number of hydrogen-bond donors (Lipinski definition) is 1. The molecule has 2 nitrogen and oxygen atoms in total. The average Bonchev–Trinajstić information content (AvgIpc) is 2.02. The number of nitrogens with zero attached hydrogens (tertiary/aromatic N) is 1. The van der Waals surface area contributed by atoms with Crippen LogP contribution in [0.1, 0.15) is 17.6 Å². The van der Waals surface area contributed by atoms with Crippen LogP contribution in [0.3, 0.4) is 0 Å². The summed E-state index contributed by atoms with van der Waals surface area (Å²) in [5.41, 5.74) is 5.12. The van der Waals surface area contributed by atoms with E-state index in [2.05, 4.69) is 4.98 Å². The monoisotopic (exact) mass is 226 g/mol. The summed E-state index contributed by atoms with van der Waals surface area (Å²) in [6, 6.07) is 1.07. The van der Waals surface area contributed by atoms with E-state index in [0.29, 0.717) is 0 Å². The van der Waals surface area contributed by atoms with Crippen molar-refractivity contribution in [3.63, 3.8) is 0 Å². The molecule has 0 aliphatic carbocycles. The van der Waals surface area contributed by atoms with Gasteiger partial charge < -0.3 is 5.73 Å². The van der Waals surface area contributed by atoms with Crippen molar-refractivity contribution >= 4 is 23.2 Å². The highest BCUT2D eigenvalue weighted by Gasteiger charge is 2.16. The molecule has 0 aliphatic rings. The number of halogens is 4. The lowest BCUT2D eigenvalue weighted by Gasteiger charge is -2.08. The Morgan fingerprint density at radius 1 is 1.46 bits per heavy atom. The highest BCUT2D eigenvalue weighted by molar-refractivity contribution is 6.33. The van der Waals surface area contributed by atoms with E-state index in [4.69, 9.17) is 28.9 Å². The molecule has 0 bridgehead atoms. The van der Waals surface area contributed by atoms with Gasteiger partial charge in [0.25, 0.3) is 6.43 Å². The molecule has 0 amide bonds. The van der Waals surface area contributed by atoms with Crippen molar-refractivity contribution in [2.45, 2.75) is 13.0 Å². The SMILES string of the molecule is NCc1c(C(F)F)cc(Cl)nc1Cl. The third-order valence-corrected chi connectivity index (χ3v) is 2.02. The van der Waals surface area contributed by atoms with E-state index >= 15 is 0 Å². The molecule has 6 heteroatoms. The highest BCUT2D eigenvalue weighted by atomic mass is 35.5. The smallest absolute Gasteiger partial charge is 0.264 e. The van der Waals surface area contributed by atoms with Gasteiger partial charge >= 0.3 is 0 Å². The van der Waals surface area contributed by atoms with Gasteiger partial charge in [0.1, 0.15) is 10.3 Å². The number of aromatic nitrogens is 1. The maximum absolute atomic E-state index is 12.4. The molecule has 0 aromatic carbocycles. The summed E-state index contributed by atoms with van der Waals surface area (Å²) in [6.07, 6.45) is -2.64. The largest absolute Gasteiger partial charge is 0.326 e. The summed E-state index contributed by atoms with van der Waals surface area (Å²) in [5.74, 6) is 0. The molecule has 0 saturated heterocycles. The predicted octanol–water partition coefficient (Wildman–Crippen LogP) is 2.78. The van der Waals surface area contributed by atoms with Crippen LogP contribution in [-0.2, 0) is 6.54 Å². The molecular weight excluding hydrogens is 221 g/mol. The quantitative estimate of drug-likeness (QED) is 0.789. The lowest BCUT2D eigenvalue weighted by Crippen LogP contribution is -2.04. The van der Waals surface area contributed by atoms with E-state index in [9.17, 15) is 8.78 Å². The summed E-state index contributed by atoms with van der Waals surface area (Å²) in [5, 5.41) is -0.122. The van der Waals surface area contributed by atoms with Gasteiger partial charge in [0.15, 0.2) is 0 Å². The zero-order valence-corrected chi connectivity index (χ0v) is 7.91. The number of rotatable bonds is 2. The van der Waals surface area contributed by atoms with E-state index in [1.165, 1.54) is 0 Å². The fourth-order valence-electron chi connectivity index (χ4n) is 0.925. The van der Waals surface area contributed by atoms with Crippen molar-refractivity contribution in [3.05, 3.63) is 27.5 Å². The molecule has 0 radical (unpaired) electrons. The normalized spacial score (nSPS) is 10.9. The fraction of sp³-hybridized carbons (Fsp3) is 0.286. The first-order valence-corrected chi connectivity index (χ1v) is 4.15. The lowest BCUT2D eigenvalue weighted by atomic mass is 10.1. The Balaban J connectivity index is 3.29. The summed E-state index contributed by atoms with van der Waals surface area (Å²) in [6.45, 7) is -0.0807. The van der Waals surface area contributed by atoms with Gasteiger partial charge in [-0.3, -0.25) is 0 Å². The molecule has 0 spiro atoms. The van der Waals surface area contributed by atoms with Crippen LogP contribution in [0.4, 0.5) is 8.78 Å². The summed E-state index contributed by atoms with van der Waals surface area (Å²) in [7, 11) is 0. The Kier molecular flexibility index (Phi) is 3.41. The van der Waals surface area contributed by atoms with Crippen molar-refractivity contribution in [2.24, 2.45) is 5.73 Å². The third kappa shape index (κ3) is 2.27. The number of nitrogens with two attached hydrogens (primary N) is 1. The van der Waals surface area contributed by atoms with Gasteiger partial charge in [-0.1, -0.05) is 23.2 Å². The minimum absolute atomic E-state index is 0.0579. The predicted molar refractivity (Wildman–Crippen MR) is 47.1 cm³/mol. The number of hydrogen-bond acceptors (Lipinski definition) is 2. The molecule has 0 fully saturated rings. The van der Waals surface area contributed by atoms with Crippen molar-refractivity contribution < 1.29 is 8.78 Å². The van der Waals surface area contributed by atoms with Gasteiger partial charge in [0.05, 0.1) is 0 Å². The molecule has 1 heterocycles. The van der Waals surface area contributed by atoms with E-state index in [-0.39, 0.29) is 28.0 Å². The van der Waals surface area contributed by atoms with Crippen LogP contribution < -0.4 is 5.73 Å². The van der Waals surface area contributed by atoms with E-state index in [0.717, 1.165) is 6.07 Å². The summed E-state index contributed by atoms with van der Waals surface area (Å²) >= 11 is 11.0. The van der Waals surface area contributed by atoms with Crippen LogP contribution >= 0.6 is 23.2 Å². The third-order valence-electron chi connectivity index (χ3n) is 1.52. The maximum Gasteiger partial charge on any atom is 0.264 e. The van der Waals surface area contributed by atoms with Gasteiger partial charge in [-0.05, 0) is 6.07 Å². The van der Waals surface area contributed by atoms with E-state index in [1.807, 2.05) is 0 Å². The van der Waals surface area contributed by atoms with Crippen LogP contribution in [-0.4, -0.2) is 4.98 Å². The Labute approximate surface area is 83.7 Å². The topological polar surface area (TPSA) is 38.9 Å². The van der Waals surface area contributed by atoms with Crippen LogP contribution in [0.5, 0.6) is 0 Å². The van der Waals surface area contributed by atoms with Crippen molar-refractivity contribution in [3.8, 4) is 0 Å². The summed E-state index contributed by atoms with van der Waals surface area (Å²) in [4.78, 5) is 3.60. The molecule has 0 atom stereocenters. The van der Waals surface area contributed by atoms with Crippen molar-refractivity contribution in [1.82, 2.24) is 4.98 Å². The first-order valence-electron chi connectivity index (χ1n) is 3.39. The maximum atomic E-state index is 12.4. The second kappa shape index (κ2) is 4.17. The number of alkyl halides is 2. The first kappa shape index (κ1) is 10.6. The summed E-state index contributed by atoms with van der Waals surface area (Å²) < 4.78 is 24.7. The molecule has 0 unspecified atom stereocenters. The molecule has 1 rings (SSSR count). The zero-order chi connectivity index (χ0) is 10.0. The fourth-order valence-corrected chi connectivity index (χ4v) is 1.45. The van der Waals surface area contributed by atoms with Crippen molar-refractivity contribution in [2.75, 3.05) is 0 Å². The molecule has 0 aliphatic heterocycles. The van der Waals surface area contributed by atoms with Crippen LogP contribution in [0.2, 0.25) is 10.3 Å². The molecule has 1 aromatic heterocycles. The van der Waals surface area contributed by atoms with E-state index < -0.39 is 6.43 Å². The Hall–Kier alpha value is -0.450. The molecule has 1 aromatic rings. The molecule has 13 heavy (non-hydrogen) atoms. The van der Waals surface area contributed by atoms with Crippen molar-refractivity contribution in [1.29, 1.82) is 0 Å². The molecular formula is C7H6Cl2F2N2. The Bertz CT molecular complexity index is 318. The first-order chi connectivity index (χ1) is 6.06. The Morgan fingerprint density at radius 3 is 2.54 bits per heavy atom. The van der Waals surface area contributed by atoms with Crippen LogP contribution in [0.25, 0.3) is 0 Å². The highest BCUT2D eigenvalue weighted by Crippen LogP contribution is 2.29. The van der Waals surface area contributed by atoms with Crippen LogP contribution in [0, 0.1) is 0 Å². The van der Waals surface area contributed by atoms with E-state index in [1.54, 1.807) is 0 Å². The standard InChI is InChI=1S/C7H6Cl2F2N2/c8-5-1-3(7(10)11)4(2-12)6(9)13-5/h1,7H,2,12H2. The molecule has 72 valence electrons. The van der Waals surface area contributed by atoms with Crippen LogP contribution in [0.15, 0.2) is 6.07 Å². The zero-order valence-electron chi connectivity index (χ0n) is 6.40. The molecule has 2 N–H and O–H groups in total. The lowest BCUT2D eigenvalue weighted by molar-refractivity contribution is 0.150. The second-order valence-electron chi connectivity index (χ2n) is 2.31. The molecule has 0 saturated carbocycles. The minimum Gasteiger partial charge on any atom is -0.326 e. The number of pyridine rings is 1. The Morgan fingerprint density at radius 2 is 2.08 bits per heavy atom. The van der Waals surface area contributed by atoms with Gasteiger partial charge in [-0.2, -0.15) is 0 Å². The minimum atomic E-state index is -2.64.